The Kier molecular flexibility index (Phi) is 6.24. The van der Waals surface area contributed by atoms with E-state index in [9.17, 15) is 18.0 Å². The Balaban J connectivity index is 1.64. The number of alkyl halides is 3. The van der Waals surface area contributed by atoms with Gasteiger partial charge < -0.3 is 14.4 Å². The molecule has 156 valence electrons. The van der Waals surface area contributed by atoms with Gasteiger partial charge in [0.05, 0.1) is 12.6 Å². The van der Waals surface area contributed by atoms with E-state index in [-0.39, 0.29) is 24.6 Å². The number of benzene rings is 1. The molecule has 0 bridgehead atoms. The molecule has 1 aliphatic heterocycles. The molecular weight excluding hydrogens is 387 g/mol. The van der Waals surface area contributed by atoms with Crippen molar-refractivity contribution in [3.63, 3.8) is 0 Å². The lowest BCUT2D eigenvalue weighted by Crippen LogP contribution is -2.44. The Hall–Kier alpha value is -2.84. The molecule has 0 N–H and O–H groups in total. The van der Waals surface area contributed by atoms with E-state index in [1.54, 1.807) is 29.2 Å². The van der Waals surface area contributed by atoms with Crippen molar-refractivity contribution in [3.05, 3.63) is 47.8 Å². The Morgan fingerprint density at radius 1 is 1.21 bits per heavy atom. The van der Waals surface area contributed by atoms with Gasteiger partial charge in [0.2, 0.25) is 0 Å². The normalized spacial score (nSPS) is 17.3. The lowest BCUT2D eigenvalue weighted by atomic mass is 10.1. The largest absolute Gasteiger partial charge is 0.491 e. The standard InChI is InChI=1S/C20H22F3N3O3/c1-13(2)28-15-7-5-14(6-8-15)18(27)26-11-3-4-16(12-26)29-19-24-10-9-17(25-19)20(21,22)23/h5-10,13,16H,3-4,11-12H2,1-2H3. The molecule has 1 fully saturated rings. The first-order valence-electron chi connectivity index (χ1n) is 9.35. The molecule has 2 heterocycles. The van der Waals surface area contributed by atoms with E-state index in [0.717, 1.165) is 12.3 Å². The molecule has 0 aliphatic carbocycles. The first-order valence-corrected chi connectivity index (χ1v) is 9.35. The summed E-state index contributed by atoms with van der Waals surface area (Å²) in [7, 11) is 0. The molecule has 3 rings (SSSR count). The van der Waals surface area contributed by atoms with Crippen LogP contribution in [0.3, 0.4) is 0 Å². The van der Waals surface area contributed by atoms with Crippen LogP contribution in [0, 0.1) is 0 Å². The number of nitrogens with zero attached hydrogens (tertiary/aromatic N) is 3. The predicted molar refractivity (Wildman–Crippen MR) is 98.8 cm³/mol. The highest BCUT2D eigenvalue weighted by atomic mass is 19.4. The van der Waals surface area contributed by atoms with Gasteiger partial charge in [-0.15, -0.1) is 0 Å². The van der Waals surface area contributed by atoms with Crippen LogP contribution < -0.4 is 9.47 Å². The number of hydrogen-bond donors (Lipinski definition) is 0. The molecule has 0 spiro atoms. The number of piperidine rings is 1. The van der Waals surface area contributed by atoms with Crippen molar-refractivity contribution in [1.29, 1.82) is 0 Å². The van der Waals surface area contributed by atoms with Gasteiger partial charge in [-0.05, 0) is 57.0 Å². The number of amides is 1. The molecule has 9 heteroatoms. The fourth-order valence-corrected chi connectivity index (χ4v) is 3.05. The second-order valence-corrected chi connectivity index (χ2v) is 7.05. The average Bonchev–Trinajstić information content (AvgIpc) is 2.67. The molecule has 6 nitrogen and oxygen atoms in total. The van der Waals surface area contributed by atoms with Crippen LogP contribution in [0.5, 0.6) is 11.8 Å². The highest BCUT2D eigenvalue weighted by Gasteiger charge is 2.33. The topological polar surface area (TPSA) is 64.5 Å². The van der Waals surface area contributed by atoms with E-state index in [4.69, 9.17) is 9.47 Å². The monoisotopic (exact) mass is 409 g/mol. The minimum Gasteiger partial charge on any atom is -0.491 e. The zero-order chi connectivity index (χ0) is 21.0. The van der Waals surface area contributed by atoms with Crippen LogP contribution in [0.4, 0.5) is 13.2 Å². The Bertz CT molecular complexity index is 841. The number of ether oxygens (including phenoxy) is 2. The highest BCUT2D eigenvalue weighted by Crippen LogP contribution is 2.28. The second-order valence-electron chi connectivity index (χ2n) is 7.05. The third kappa shape index (κ3) is 5.58. The molecule has 1 aliphatic rings. The summed E-state index contributed by atoms with van der Waals surface area (Å²) in [6.07, 6.45) is -2.72. The van der Waals surface area contributed by atoms with Crippen LogP contribution in [-0.2, 0) is 6.18 Å². The Labute approximate surface area is 166 Å². The fourth-order valence-electron chi connectivity index (χ4n) is 3.05. The van der Waals surface area contributed by atoms with Gasteiger partial charge in [-0.25, -0.2) is 4.98 Å². The molecule has 2 aromatic rings. The Morgan fingerprint density at radius 2 is 1.93 bits per heavy atom. The minimum absolute atomic E-state index is 0.0367. The first kappa shape index (κ1) is 20.9. The molecule has 1 unspecified atom stereocenters. The number of aromatic nitrogens is 2. The van der Waals surface area contributed by atoms with Crippen LogP contribution in [-0.4, -0.2) is 46.1 Å². The first-order chi connectivity index (χ1) is 13.7. The minimum atomic E-state index is -4.57. The van der Waals surface area contributed by atoms with Crippen molar-refractivity contribution in [1.82, 2.24) is 14.9 Å². The maximum absolute atomic E-state index is 12.8. The molecule has 1 amide bonds. The molecule has 1 aromatic heterocycles. The van der Waals surface area contributed by atoms with Gasteiger partial charge in [0.25, 0.3) is 5.91 Å². The highest BCUT2D eigenvalue weighted by molar-refractivity contribution is 5.94. The number of carbonyl (C=O) groups excluding carboxylic acids is 1. The van der Waals surface area contributed by atoms with Crippen LogP contribution >= 0.6 is 0 Å². The number of likely N-dealkylation sites (tertiary alicyclic amines) is 1. The second kappa shape index (κ2) is 8.67. The smallest absolute Gasteiger partial charge is 0.433 e. The van der Waals surface area contributed by atoms with Gasteiger partial charge in [0.1, 0.15) is 11.9 Å². The summed E-state index contributed by atoms with van der Waals surface area (Å²) in [5, 5.41) is 0. The average molecular weight is 409 g/mol. The number of halogens is 3. The molecule has 0 saturated carbocycles. The van der Waals surface area contributed by atoms with Gasteiger partial charge in [0, 0.05) is 18.3 Å². The lowest BCUT2D eigenvalue weighted by molar-refractivity contribution is -0.141. The number of rotatable bonds is 5. The van der Waals surface area contributed by atoms with Crippen molar-refractivity contribution >= 4 is 5.91 Å². The van der Waals surface area contributed by atoms with Crippen molar-refractivity contribution in [2.75, 3.05) is 13.1 Å². The van der Waals surface area contributed by atoms with Crippen LogP contribution in [0.25, 0.3) is 0 Å². The summed E-state index contributed by atoms with van der Waals surface area (Å²) >= 11 is 0. The molecule has 0 radical (unpaired) electrons. The van der Waals surface area contributed by atoms with Crippen LogP contribution in [0.2, 0.25) is 0 Å². The van der Waals surface area contributed by atoms with E-state index in [0.29, 0.717) is 30.7 Å². The van der Waals surface area contributed by atoms with Crippen molar-refractivity contribution < 1.29 is 27.4 Å². The zero-order valence-electron chi connectivity index (χ0n) is 16.1. The van der Waals surface area contributed by atoms with E-state index in [1.807, 2.05) is 13.8 Å². The van der Waals surface area contributed by atoms with Gasteiger partial charge in [-0.2, -0.15) is 18.2 Å². The van der Waals surface area contributed by atoms with Gasteiger partial charge >= 0.3 is 12.2 Å². The summed E-state index contributed by atoms with van der Waals surface area (Å²) in [6, 6.07) is 7.31. The summed E-state index contributed by atoms with van der Waals surface area (Å²) in [5.41, 5.74) is -0.549. The fraction of sp³-hybridized carbons (Fsp3) is 0.450. The number of hydrogen-bond acceptors (Lipinski definition) is 5. The summed E-state index contributed by atoms with van der Waals surface area (Å²) < 4.78 is 49.5. The van der Waals surface area contributed by atoms with Crippen molar-refractivity contribution in [2.45, 2.75) is 45.1 Å². The zero-order valence-corrected chi connectivity index (χ0v) is 16.1. The third-order valence-electron chi connectivity index (χ3n) is 4.33. The van der Waals surface area contributed by atoms with E-state index in [2.05, 4.69) is 9.97 Å². The van der Waals surface area contributed by atoms with Crippen molar-refractivity contribution in [3.8, 4) is 11.8 Å². The molecular formula is C20H22F3N3O3. The molecule has 1 atom stereocenters. The maximum atomic E-state index is 12.8. The van der Waals surface area contributed by atoms with Crippen LogP contribution in [0.15, 0.2) is 36.5 Å². The SMILES string of the molecule is CC(C)Oc1ccc(C(=O)N2CCCC(Oc3nccc(C(F)(F)F)n3)C2)cc1. The lowest BCUT2D eigenvalue weighted by Gasteiger charge is -2.32. The van der Waals surface area contributed by atoms with E-state index < -0.39 is 18.0 Å². The van der Waals surface area contributed by atoms with Crippen LogP contribution in [0.1, 0.15) is 42.7 Å². The van der Waals surface area contributed by atoms with Crippen molar-refractivity contribution in [2.24, 2.45) is 0 Å². The summed E-state index contributed by atoms with van der Waals surface area (Å²) in [5.74, 6) is 0.512. The number of carbonyl (C=O) groups is 1. The third-order valence-corrected chi connectivity index (χ3v) is 4.33. The van der Waals surface area contributed by atoms with E-state index >= 15 is 0 Å². The summed E-state index contributed by atoms with van der Waals surface area (Å²) in [4.78, 5) is 21.6. The quantitative estimate of drug-likeness (QED) is 0.748. The predicted octanol–water partition coefficient (Wildman–Crippen LogP) is 3.97. The molecule has 1 aromatic carbocycles. The molecule has 29 heavy (non-hydrogen) atoms. The van der Waals surface area contributed by atoms with Gasteiger partial charge in [-0.1, -0.05) is 0 Å². The van der Waals surface area contributed by atoms with Gasteiger partial charge in [0.15, 0.2) is 5.69 Å². The summed E-state index contributed by atoms with van der Waals surface area (Å²) in [6.45, 7) is 4.64. The maximum Gasteiger partial charge on any atom is 0.433 e. The van der Waals surface area contributed by atoms with E-state index in [1.165, 1.54) is 0 Å². The molecule has 1 saturated heterocycles. The Morgan fingerprint density at radius 3 is 2.59 bits per heavy atom. The van der Waals surface area contributed by atoms with Gasteiger partial charge in [-0.3, -0.25) is 4.79 Å².